The average molecular weight is 280 g/mol. The topological polar surface area (TPSA) is 29.5 Å². The first-order valence-corrected chi connectivity index (χ1v) is 7.32. The van der Waals surface area contributed by atoms with E-state index in [0.717, 1.165) is 24.4 Å². The van der Waals surface area contributed by atoms with Crippen molar-refractivity contribution in [3.8, 4) is 0 Å². The number of esters is 1. The maximum Gasteiger partial charge on any atom is 0.354 e. The monoisotopic (exact) mass is 279 g/mol. The van der Waals surface area contributed by atoms with E-state index in [2.05, 4.69) is 11.0 Å². The number of rotatable bonds is 2. The summed E-state index contributed by atoms with van der Waals surface area (Å²) in [5.74, 6) is -0.0956. The molecule has 0 N–H and O–H groups in total. The first-order chi connectivity index (χ1) is 9.22. The van der Waals surface area contributed by atoms with Crippen molar-refractivity contribution in [3.63, 3.8) is 0 Å². The van der Waals surface area contributed by atoms with E-state index in [4.69, 9.17) is 16.3 Å². The molecule has 1 fully saturated rings. The SMILES string of the molecule is CCOC(=O)C1=CC2C(Cl)=CC=C3CCCCN1C32. The van der Waals surface area contributed by atoms with Crippen molar-refractivity contribution in [2.45, 2.75) is 32.2 Å². The molecule has 102 valence electrons. The van der Waals surface area contributed by atoms with Crippen LogP contribution in [0.3, 0.4) is 0 Å². The molecule has 0 aromatic heterocycles. The predicted octanol–water partition coefficient (Wildman–Crippen LogP) is 2.98. The summed E-state index contributed by atoms with van der Waals surface area (Å²) < 4.78 is 5.17. The number of nitrogens with zero attached hydrogens (tertiary/aromatic N) is 1. The van der Waals surface area contributed by atoms with E-state index >= 15 is 0 Å². The summed E-state index contributed by atoms with van der Waals surface area (Å²) in [6.45, 7) is 3.15. The van der Waals surface area contributed by atoms with E-state index in [9.17, 15) is 4.79 Å². The van der Waals surface area contributed by atoms with E-state index in [1.807, 2.05) is 19.1 Å². The number of halogens is 1. The highest BCUT2D eigenvalue weighted by Gasteiger charge is 2.42. The molecule has 1 aliphatic carbocycles. The van der Waals surface area contributed by atoms with Crippen molar-refractivity contribution in [3.05, 3.63) is 34.5 Å². The molecule has 0 bridgehead atoms. The second-order valence-corrected chi connectivity index (χ2v) is 5.62. The number of carbonyl (C=O) groups is 1. The van der Waals surface area contributed by atoms with Gasteiger partial charge in [-0.3, -0.25) is 0 Å². The highest BCUT2D eigenvalue weighted by molar-refractivity contribution is 6.30. The van der Waals surface area contributed by atoms with Gasteiger partial charge in [0.15, 0.2) is 0 Å². The lowest BCUT2D eigenvalue weighted by Crippen LogP contribution is -2.38. The molecule has 0 spiro atoms. The lowest BCUT2D eigenvalue weighted by atomic mass is 9.88. The molecule has 0 aromatic rings. The summed E-state index contributed by atoms with van der Waals surface area (Å²) in [6.07, 6.45) is 9.47. The molecular formula is C15H18ClNO2. The van der Waals surface area contributed by atoms with Crippen LogP contribution in [0.25, 0.3) is 0 Å². The fourth-order valence-electron chi connectivity index (χ4n) is 3.25. The third-order valence-corrected chi connectivity index (χ3v) is 4.45. The van der Waals surface area contributed by atoms with Gasteiger partial charge in [0.05, 0.1) is 12.6 Å². The van der Waals surface area contributed by atoms with Gasteiger partial charge < -0.3 is 9.64 Å². The molecule has 2 unspecified atom stereocenters. The minimum Gasteiger partial charge on any atom is -0.461 e. The molecule has 3 aliphatic rings. The minimum atomic E-state index is -0.220. The average Bonchev–Trinajstić information content (AvgIpc) is 2.65. The fraction of sp³-hybridized carbons (Fsp3) is 0.533. The van der Waals surface area contributed by atoms with Crippen LogP contribution in [-0.2, 0) is 9.53 Å². The zero-order chi connectivity index (χ0) is 13.4. The minimum absolute atomic E-state index is 0.124. The zero-order valence-electron chi connectivity index (χ0n) is 11.1. The standard InChI is InChI=1S/C15H18ClNO2/c1-2-19-15(18)13-9-11-12(16)7-6-10-5-3-4-8-17(13)14(10)11/h6-7,9,11,14H,2-5,8H2,1H3. The van der Waals surface area contributed by atoms with Gasteiger partial charge in [-0.15, -0.1) is 0 Å². The molecular weight excluding hydrogens is 262 g/mol. The Bertz CT molecular complexity index is 492. The molecule has 3 nitrogen and oxygen atoms in total. The van der Waals surface area contributed by atoms with E-state index in [1.54, 1.807) is 0 Å². The molecule has 2 atom stereocenters. The van der Waals surface area contributed by atoms with Gasteiger partial charge in [0.1, 0.15) is 5.70 Å². The summed E-state index contributed by atoms with van der Waals surface area (Å²) >= 11 is 6.32. The van der Waals surface area contributed by atoms with Crippen molar-refractivity contribution in [1.82, 2.24) is 4.90 Å². The molecule has 19 heavy (non-hydrogen) atoms. The molecule has 0 radical (unpaired) electrons. The van der Waals surface area contributed by atoms with Crippen molar-refractivity contribution in [2.75, 3.05) is 13.2 Å². The summed E-state index contributed by atoms with van der Waals surface area (Å²) in [4.78, 5) is 14.3. The van der Waals surface area contributed by atoms with Crippen LogP contribution in [0.2, 0.25) is 0 Å². The van der Waals surface area contributed by atoms with Crippen molar-refractivity contribution < 1.29 is 9.53 Å². The van der Waals surface area contributed by atoms with E-state index in [1.165, 1.54) is 12.0 Å². The quantitative estimate of drug-likeness (QED) is 0.728. The molecule has 0 amide bonds. The largest absolute Gasteiger partial charge is 0.461 e. The molecule has 0 aromatic carbocycles. The Morgan fingerprint density at radius 3 is 3.11 bits per heavy atom. The van der Waals surface area contributed by atoms with Crippen LogP contribution < -0.4 is 0 Å². The molecule has 0 saturated carbocycles. The Hall–Kier alpha value is -1.22. The maximum absolute atomic E-state index is 12.1. The normalized spacial score (nSPS) is 28.9. The van der Waals surface area contributed by atoms with Gasteiger partial charge in [0.25, 0.3) is 0 Å². The molecule has 3 rings (SSSR count). The van der Waals surface area contributed by atoms with Crippen LogP contribution in [-0.4, -0.2) is 30.1 Å². The maximum atomic E-state index is 12.1. The first-order valence-electron chi connectivity index (χ1n) is 6.94. The van der Waals surface area contributed by atoms with Crippen LogP contribution in [0.1, 0.15) is 26.2 Å². The van der Waals surface area contributed by atoms with Gasteiger partial charge in [0.2, 0.25) is 0 Å². The number of ether oxygens (including phenoxy) is 1. The third-order valence-electron chi connectivity index (χ3n) is 4.08. The lowest BCUT2D eigenvalue weighted by molar-refractivity contribution is -0.140. The Kier molecular flexibility index (Phi) is 3.40. The van der Waals surface area contributed by atoms with E-state index < -0.39 is 0 Å². The smallest absolute Gasteiger partial charge is 0.354 e. The van der Waals surface area contributed by atoms with Crippen LogP contribution >= 0.6 is 11.6 Å². The highest BCUT2D eigenvalue weighted by Crippen LogP contribution is 2.43. The Balaban J connectivity index is 1.97. The summed E-state index contributed by atoms with van der Waals surface area (Å²) in [5, 5.41) is 0.819. The van der Waals surface area contributed by atoms with Gasteiger partial charge in [-0.1, -0.05) is 17.7 Å². The Labute approximate surface area is 118 Å². The molecule has 1 saturated heterocycles. The number of hydrogen-bond acceptors (Lipinski definition) is 3. The molecule has 2 heterocycles. The van der Waals surface area contributed by atoms with Crippen LogP contribution in [0, 0.1) is 5.92 Å². The summed E-state index contributed by atoms with van der Waals surface area (Å²) in [7, 11) is 0. The van der Waals surface area contributed by atoms with Gasteiger partial charge in [-0.2, -0.15) is 0 Å². The highest BCUT2D eigenvalue weighted by atomic mass is 35.5. The van der Waals surface area contributed by atoms with Gasteiger partial charge in [-0.05, 0) is 43.9 Å². The van der Waals surface area contributed by atoms with E-state index in [-0.39, 0.29) is 17.9 Å². The second kappa shape index (κ2) is 5.04. The fourth-order valence-corrected chi connectivity index (χ4v) is 3.50. The molecule has 4 heteroatoms. The van der Waals surface area contributed by atoms with Crippen LogP contribution in [0.4, 0.5) is 0 Å². The summed E-state index contributed by atoms with van der Waals surface area (Å²) in [5.41, 5.74) is 2.08. The van der Waals surface area contributed by atoms with Gasteiger partial charge >= 0.3 is 5.97 Å². The van der Waals surface area contributed by atoms with Crippen LogP contribution in [0.15, 0.2) is 34.5 Å². The van der Waals surface area contributed by atoms with Crippen molar-refractivity contribution in [2.24, 2.45) is 5.92 Å². The Morgan fingerprint density at radius 2 is 2.32 bits per heavy atom. The van der Waals surface area contributed by atoms with Gasteiger partial charge in [0, 0.05) is 17.5 Å². The first kappa shape index (κ1) is 12.8. The molecule has 2 aliphatic heterocycles. The van der Waals surface area contributed by atoms with E-state index in [0.29, 0.717) is 12.3 Å². The number of carbonyl (C=O) groups excluding carboxylic acids is 1. The van der Waals surface area contributed by atoms with Gasteiger partial charge in [-0.25, -0.2) is 4.79 Å². The number of allylic oxidation sites excluding steroid dienone is 2. The predicted molar refractivity (Wildman–Crippen MR) is 74.6 cm³/mol. The second-order valence-electron chi connectivity index (χ2n) is 5.19. The number of hydrogen-bond donors (Lipinski definition) is 0. The third kappa shape index (κ3) is 2.10. The summed E-state index contributed by atoms with van der Waals surface area (Å²) in [6, 6.07) is 0.236. The van der Waals surface area contributed by atoms with Crippen LogP contribution in [0.5, 0.6) is 0 Å². The lowest BCUT2D eigenvalue weighted by Gasteiger charge is -2.33. The van der Waals surface area contributed by atoms with Crippen molar-refractivity contribution >= 4 is 17.6 Å². The van der Waals surface area contributed by atoms with Crippen molar-refractivity contribution in [1.29, 1.82) is 0 Å². The zero-order valence-corrected chi connectivity index (χ0v) is 11.8. The Morgan fingerprint density at radius 1 is 1.47 bits per heavy atom.